The number of amides is 5. The highest BCUT2D eigenvalue weighted by molar-refractivity contribution is 6.08. The van der Waals surface area contributed by atoms with E-state index < -0.39 is 35.8 Å². The number of hydrazine groups is 1. The highest BCUT2D eigenvalue weighted by Crippen LogP contribution is 2.31. The highest BCUT2D eigenvalue weighted by atomic mass is 16.5. The molecule has 1 aliphatic heterocycles. The number of hydrogen-bond acceptors (Lipinski definition) is 5. The van der Waals surface area contributed by atoms with Crippen molar-refractivity contribution in [3.05, 3.63) is 65.7 Å². The van der Waals surface area contributed by atoms with Crippen LogP contribution in [0.4, 0.5) is 4.79 Å². The van der Waals surface area contributed by atoms with Crippen molar-refractivity contribution in [2.24, 2.45) is 0 Å². The first-order valence-electron chi connectivity index (χ1n) is 9.94. The van der Waals surface area contributed by atoms with Gasteiger partial charge in [0.1, 0.15) is 11.3 Å². The number of benzene rings is 2. The molecule has 162 valence electrons. The van der Waals surface area contributed by atoms with Gasteiger partial charge in [0.05, 0.1) is 18.7 Å². The summed E-state index contributed by atoms with van der Waals surface area (Å²) >= 11 is 0. The van der Waals surface area contributed by atoms with E-state index in [1.54, 1.807) is 68.4 Å². The predicted octanol–water partition coefficient (Wildman–Crippen LogP) is 1.70. The van der Waals surface area contributed by atoms with Gasteiger partial charge in [0.2, 0.25) is 0 Å². The summed E-state index contributed by atoms with van der Waals surface area (Å²) in [6.45, 7) is 3.52. The maximum Gasteiger partial charge on any atom is 0.344 e. The maximum atomic E-state index is 13.0. The first-order valence-corrected chi connectivity index (χ1v) is 9.94. The monoisotopic (exact) mass is 424 g/mol. The molecule has 2 aromatic rings. The van der Waals surface area contributed by atoms with Crippen LogP contribution in [0.25, 0.3) is 0 Å². The van der Waals surface area contributed by atoms with Gasteiger partial charge in [0, 0.05) is 0 Å². The molecule has 9 nitrogen and oxygen atoms in total. The number of carbonyl (C=O) groups is 4. The van der Waals surface area contributed by atoms with Crippen LogP contribution >= 0.6 is 0 Å². The van der Waals surface area contributed by atoms with Crippen LogP contribution in [0.5, 0.6) is 5.75 Å². The van der Waals surface area contributed by atoms with Gasteiger partial charge in [0.15, 0.2) is 0 Å². The summed E-state index contributed by atoms with van der Waals surface area (Å²) in [5.74, 6) is -1.42. The van der Waals surface area contributed by atoms with E-state index in [4.69, 9.17) is 4.74 Å². The fourth-order valence-corrected chi connectivity index (χ4v) is 3.39. The second-order valence-corrected chi connectivity index (χ2v) is 6.84. The third-order valence-corrected chi connectivity index (χ3v) is 4.97. The molecule has 0 aromatic heterocycles. The predicted molar refractivity (Wildman–Crippen MR) is 112 cm³/mol. The van der Waals surface area contributed by atoms with E-state index in [-0.39, 0.29) is 5.56 Å². The number of rotatable bonds is 8. The fraction of sp³-hybridized carbons (Fsp3) is 0.273. The minimum atomic E-state index is -1.26. The Morgan fingerprint density at radius 1 is 1.03 bits per heavy atom. The topological polar surface area (TPSA) is 117 Å². The Bertz CT molecular complexity index is 994. The van der Waals surface area contributed by atoms with Gasteiger partial charge in [-0.15, -0.1) is 0 Å². The molecule has 3 N–H and O–H groups in total. The van der Waals surface area contributed by atoms with Crippen molar-refractivity contribution in [3.8, 4) is 5.75 Å². The van der Waals surface area contributed by atoms with Crippen LogP contribution in [0, 0.1) is 0 Å². The van der Waals surface area contributed by atoms with E-state index in [0.29, 0.717) is 29.3 Å². The van der Waals surface area contributed by atoms with E-state index in [0.717, 1.165) is 0 Å². The average Bonchev–Trinajstić information content (AvgIpc) is 3.03. The van der Waals surface area contributed by atoms with Crippen LogP contribution in [0.2, 0.25) is 0 Å². The Hall–Kier alpha value is -3.88. The quantitative estimate of drug-likeness (QED) is 0.558. The van der Waals surface area contributed by atoms with Gasteiger partial charge < -0.3 is 15.4 Å². The maximum absolute atomic E-state index is 13.0. The van der Waals surface area contributed by atoms with Crippen molar-refractivity contribution in [1.29, 1.82) is 0 Å². The Kier molecular flexibility index (Phi) is 6.54. The van der Waals surface area contributed by atoms with Gasteiger partial charge in [0.25, 0.3) is 17.7 Å². The first kappa shape index (κ1) is 21.8. The van der Waals surface area contributed by atoms with Crippen molar-refractivity contribution in [1.82, 2.24) is 21.1 Å². The molecule has 5 amide bonds. The van der Waals surface area contributed by atoms with Crippen LogP contribution < -0.4 is 20.8 Å². The summed E-state index contributed by atoms with van der Waals surface area (Å²) in [5.41, 5.74) is 1.91. The Balaban J connectivity index is 1.65. The van der Waals surface area contributed by atoms with Gasteiger partial charge in [-0.2, -0.15) is 5.01 Å². The molecule has 0 bridgehead atoms. The number of urea groups is 1. The van der Waals surface area contributed by atoms with Crippen molar-refractivity contribution in [2.75, 3.05) is 13.2 Å². The Morgan fingerprint density at radius 3 is 2.39 bits per heavy atom. The van der Waals surface area contributed by atoms with Crippen LogP contribution in [-0.4, -0.2) is 41.9 Å². The summed E-state index contributed by atoms with van der Waals surface area (Å²) in [5, 5.41) is 5.79. The zero-order chi connectivity index (χ0) is 22.4. The lowest BCUT2D eigenvalue weighted by atomic mass is 9.87. The Morgan fingerprint density at radius 2 is 1.71 bits per heavy atom. The SMILES string of the molecule is CCOc1ccccc1C(=O)NCC(=O)NN1C(=O)NC(CC)(c2ccccc2)C1=O. The number of ether oxygens (including phenoxy) is 1. The average molecular weight is 424 g/mol. The summed E-state index contributed by atoms with van der Waals surface area (Å²) in [4.78, 5) is 50.2. The molecule has 1 saturated heterocycles. The molecular weight excluding hydrogens is 400 g/mol. The summed E-state index contributed by atoms with van der Waals surface area (Å²) in [7, 11) is 0. The Labute approximate surface area is 179 Å². The standard InChI is InChI=1S/C22H24N4O5/c1-3-22(15-10-6-5-7-11-15)20(29)26(21(30)24-22)25-18(27)14-23-19(28)16-12-8-9-13-17(16)31-4-2/h5-13H,3-4,14H2,1-2H3,(H,23,28)(H,24,30)(H,25,27). The molecule has 1 fully saturated rings. The number of imide groups is 1. The first-order chi connectivity index (χ1) is 14.9. The van der Waals surface area contributed by atoms with Crippen LogP contribution in [0.15, 0.2) is 54.6 Å². The molecule has 0 aliphatic carbocycles. The van der Waals surface area contributed by atoms with E-state index in [2.05, 4.69) is 16.1 Å². The number of para-hydroxylation sites is 1. The molecule has 0 spiro atoms. The molecular formula is C22H24N4O5. The lowest BCUT2D eigenvalue weighted by Gasteiger charge is -2.25. The smallest absolute Gasteiger partial charge is 0.344 e. The third kappa shape index (κ3) is 4.35. The molecule has 1 atom stereocenters. The molecule has 1 aliphatic rings. The highest BCUT2D eigenvalue weighted by Gasteiger charge is 2.52. The van der Waals surface area contributed by atoms with Crippen LogP contribution in [0.3, 0.4) is 0 Å². The van der Waals surface area contributed by atoms with E-state index in [9.17, 15) is 19.2 Å². The largest absolute Gasteiger partial charge is 0.493 e. The molecule has 9 heteroatoms. The second kappa shape index (κ2) is 9.29. The molecule has 0 radical (unpaired) electrons. The minimum absolute atomic E-state index is 0.279. The van der Waals surface area contributed by atoms with E-state index >= 15 is 0 Å². The van der Waals surface area contributed by atoms with Crippen molar-refractivity contribution in [3.63, 3.8) is 0 Å². The van der Waals surface area contributed by atoms with Crippen LogP contribution in [-0.2, 0) is 15.1 Å². The number of nitrogens with zero attached hydrogens (tertiary/aromatic N) is 1. The van der Waals surface area contributed by atoms with E-state index in [1.807, 2.05) is 0 Å². The fourth-order valence-electron chi connectivity index (χ4n) is 3.39. The third-order valence-electron chi connectivity index (χ3n) is 4.97. The zero-order valence-electron chi connectivity index (χ0n) is 17.3. The van der Waals surface area contributed by atoms with E-state index in [1.165, 1.54) is 0 Å². The second-order valence-electron chi connectivity index (χ2n) is 6.84. The van der Waals surface area contributed by atoms with Crippen molar-refractivity contribution in [2.45, 2.75) is 25.8 Å². The van der Waals surface area contributed by atoms with Gasteiger partial charge in [-0.25, -0.2) is 4.79 Å². The summed E-state index contributed by atoms with van der Waals surface area (Å²) in [6.07, 6.45) is 0.304. The molecule has 0 saturated carbocycles. The van der Waals surface area contributed by atoms with Gasteiger partial charge in [-0.1, -0.05) is 49.4 Å². The zero-order valence-corrected chi connectivity index (χ0v) is 17.3. The van der Waals surface area contributed by atoms with Gasteiger partial charge in [-0.3, -0.25) is 19.8 Å². The van der Waals surface area contributed by atoms with Gasteiger partial charge >= 0.3 is 6.03 Å². The summed E-state index contributed by atoms with van der Waals surface area (Å²) < 4.78 is 5.41. The van der Waals surface area contributed by atoms with Gasteiger partial charge in [-0.05, 0) is 31.0 Å². The van der Waals surface area contributed by atoms with Crippen molar-refractivity contribution < 1.29 is 23.9 Å². The summed E-state index contributed by atoms with van der Waals surface area (Å²) in [6, 6.07) is 14.7. The minimum Gasteiger partial charge on any atom is -0.493 e. The lowest BCUT2D eigenvalue weighted by Crippen LogP contribution is -2.51. The molecule has 1 heterocycles. The number of carbonyl (C=O) groups excluding carboxylic acids is 4. The molecule has 1 unspecified atom stereocenters. The normalized spacial score (nSPS) is 17.8. The molecule has 31 heavy (non-hydrogen) atoms. The van der Waals surface area contributed by atoms with Crippen LogP contribution in [0.1, 0.15) is 36.2 Å². The molecule has 2 aromatic carbocycles. The lowest BCUT2D eigenvalue weighted by molar-refractivity contribution is -0.139. The van der Waals surface area contributed by atoms with Crippen molar-refractivity contribution >= 4 is 23.8 Å². The number of hydrogen-bond donors (Lipinski definition) is 3. The molecule has 3 rings (SSSR count). The number of nitrogens with one attached hydrogen (secondary N) is 3.